The summed E-state index contributed by atoms with van der Waals surface area (Å²) < 4.78 is 3.91. The molecule has 0 unspecified atom stereocenters. The zero-order valence-corrected chi connectivity index (χ0v) is 14.9. The number of rotatable bonds is 5. The van der Waals surface area contributed by atoms with Crippen LogP contribution >= 0.6 is 0 Å². The molecule has 4 rings (SSSR count). The van der Waals surface area contributed by atoms with Gasteiger partial charge in [-0.15, -0.1) is 0 Å². The number of aromatic nitrogens is 3. The van der Waals surface area contributed by atoms with Crippen LogP contribution in [0.3, 0.4) is 0 Å². The number of nitrogens with zero attached hydrogens (tertiary/aromatic N) is 3. The largest absolute Gasteiger partial charge is 0.345 e. The number of benzene rings is 1. The maximum atomic E-state index is 12.6. The van der Waals surface area contributed by atoms with Crippen LogP contribution < -0.4 is 10.6 Å². The fourth-order valence-electron chi connectivity index (χ4n) is 3.45. The van der Waals surface area contributed by atoms with Crippen molar-refractivity contribution in [2.24, 2.45) is 7.05 Å². The van der Waals surface area contributed by atoms with Gasteiger partial charge in [0.15, 0.2) is 0 Å². The highest BCUT2D eigenvalue weighted by Gasteiger charge is 2.19. The lowest BCUT2D eigenvalue weighted by molar-refractivity contribution is 0.0942. The van der Waals surface area contributed by atoms with E-state index in [0.717, 1.165) is 31.7 Å². The number of fused-ring (bicyclic) bond motifs is 1. The minimum Gasteiger partial charge on any atom is -0.345 e. The van der Waals surface area contributed by atoms with Gasteiger partial charge in [-0.05, 0) is 23.3 Å². The van der Waals surface area contributed by atoms with Crippen molar-refractivity contribution >= 4 is 5.91 Å². The second kappa shape index (κ2) is 7.17. The molecule has 3 heterocycles. The molecule has 2 N–H and O–H groups in total. The van der Waals surface area contributed by atoms with Gasteiger partial charge in [-0.3, -0.25) is 9.48 Å². The van der Waals surface area contributed by atoms with Crippen molar-refractivity contribution in [3.63, 3.8) is 0 Å². The van der Waals surface area contributed by atoms with Gasteiger partial charge in [0, 0.05) is 38.4 Å². The average Bonchev–Trinajstić information content (AvgIpc) is 3.25. The molecule has 2 aromatic heterocycles. The van der Waals surface area contributed by atoms with Crippen LogP contribution in [0.1, 0.15) is 33.0 Å². The summed E-state index contributed by atoms with van der Waals surface area (Å²) in [4.78, 5) is 12.6. The number of amides is 1. The number of hydrogen-bond acceptors (Lipinski definition) is 3. The molecule has 0 radical (unpaired) electrons. The van der Waals surface area contributed by atoms with E-state index in [4.69, 9.17) is 0 Å². The van der Waals surface area contributed by atoms with Crippen LogP contribution in [0.4, 0.5) is 0 Å². The van der Waals surface area contributed by atoms with E-state index in [0.29, 0.717) is 12.2 Å². The summed E-state index contributed by atoms with van der Waals surface area (Å²) in [7, 11) is 1.97. The SMILES string of the molecule is Cn1c(C(=O)NCc2ccn(Cc3ccccc3)n2)cc2c1CCNC2. The lowest BCUT2D eigenvalue weighted by Gasteiger charge is -2.14. The first-order valence-electron chi connectivity index (χ1n) is 8.93. The maximum Gasteiger partial charge on any atom is 0.268 e. The minimum absolute atomic E-state index is 0.0560. The van der Waals surface area contributed by atoms with Gasteiger partial charge in [0.25, 0.3) is 5.91 Å². The Hall–Kier alpha value is -2.86. The fourth-order valence-corrected chi connectivity index (χ4v) is 3.45. The van der Waals surface area contributed by atoms with Crippen molar-refractivity contribution in [3.8, 4) is 0 Å². The van der Waals surface area contributed by atoms with E-state index in [1.54, 1.807) is 0 Å². The molecule has 26 heavy (non-hydrogen) atoms. The number of carbonyl (C=O) groups is 1. The van der Waals surface area contributed by atoms with Crippen LogP contribution in [0, 0.1) is 0 Å². The highest BCUT2D eigenvalue weighted by atomic mass is 16.1. The highest BCUT2D eigenvalue weighted by Crippen LogP contribution is 2.18. The van der Waals surface area contributed by atoms with Crippen LogP contribution in [-0.2, 0) is 33.1 Å². The predicted molar refractivity (Wildman–Crippen MR) is 99.8 cm³/mol. The van der Waals surface area contributed by atoms with Crippen molar-refractivity contribution in [2.45, 2.75) is 26.1 Å². The van der Waals surface area contributed by atoms with E-state index >= 15 is 0 Å². The van der Waals surface area contributed by atoms with Gasteiger partial charge in [-0.25, -0.2) is 0 Å². The quantitative estimate of drug-likeness (QED) is 0.739. The van der Waals surface area contributed by atoms with Crippen molar-refractivity contribution in [1.82, 2.24) is 25.0 Å². The molecule has 1 aliphatic rings. The van der Waals surface area contributed by atoms with E-state index in [1.165, 1.54) is 16.8 Å². The smallest absolute Gasteiger partial charge is 0.268 e. The number of hydrogen-bond donors (Lipinski definition) is 2. The maximum absolute atomic E-state index is 12.6. The van der Waals surface area contributed by atoms with E-state index < -0.39 is 0 Å². The second-order valence-corrected chi connectivity index (χ2v) is 6.66. The van der Waals surface area contributed by atoms with Crippen LogP contribution in [-0.4, -0.2) is 26.8 Å². The Bertz CT molecular complexity index is 910. The van der Waals surface area contributed by atoms with Gasteiger partial charge in [0.1, 0.15) is 5.69 Å². The van der Waals surface area contributed by atoms with E-state index in [-0.39, 0.29) is 5.91 Å². The summed E-state index contributed by atoms with van der Waals surface area (Å²) in [6, 6.07) is 14.1. The summed E-state index contributed by atoms with van der Waals surface area (Å²) in [6.45, 7) is 2.95. The molecule has 3 aromatic rings. The molecule has 134 valence electrons. The Balaban J connectivity index is 1.38. The van der Waals surface area contributed by atoms with E-state index in [9.17, 15) is 4.79 Å². The van der Waals surface area contributed by atoms with Crippen molar-refractivity contribution in [1.29, 1.82) is 0 Å². The molecule has 6 nitrogen and oxygen atoms in total. The van der Waals surface area contributed by atoms with E-state index in [2.05, 4.69) is 27.9 Å². The first-order valence-corrected chi connectivity index (χ1v) is 8.93. The summed E-state index contributed by atoms with van der Waals surface area (Å²) in [5.74, 6) is -0.0560. The normalized spacial score (nSPS) is 13.4. The van der Waals surface area contributed by atoms with Gasteiger partial charge < -0.3 is 15.2 Å². The van der Waals surface area contributed by atoms with Crippen LogP contribution in [0.5, 0.6) is 0 Å². The highest BCUT2D eigenvalue weighted by molar-refractivity contribution is 5.93. The molecule has 0 saturated carbocycles. The molecule has 0 atom stereocenters. The van der Waals surface area contributed by atoms with E-state index in [1.807, 2.05) is 52.8 Å². The molecule has 1 aliphatic heterocycles. The second-order valence-electron chi connectivity index (χ2n) is 6.66. The first-order chi connectivity index (χ1) is 12.7. The third kappa shape index (κ3) is 3.41. The Morgan fingerprint density at radius 2 is 2.12 bits per heavy atom. The molecule has 0 aliphatic carbocycles. The topological polar surface area (TPSA) is 63.9 Å². The first kappa shape index (κ1) is 16.6. The summed E-state index contributed by atoms with van der Waals surface area (Å²) >= 11 is 0. The molecule has 0 saturated heterocycles. The lowest BCUT2D eigenvalue weighted by Crippen LogP contribution is -2.26. The van der Waals surface area contributed by atoms with Crippen molar-refractivity contribution in [2.75, 3.05) is 6.54 Å². The third-order valence-corrected chi connectivity index (χ3v) is 4.85. The number of carbonyl (C=O) groups excluding carboxylic acids is 1. The molecule has 1 aromatic carbocycles. The molecule has 1 amide bonds. The van der Waals surface area contributed by atoms with Crippen LogP contribution in [0.25, 0.3) is 0 Å². The van der Waals surface area contributed by atoms with Gasteiger partial charge in [0.2, 0.25) is 0 Å². The third-order valence-electron chi connectivity index (χ3n) is 4.85. The lowest BCUT2D eigenvalue weighted by atomic mass is 10.1. The summed E-state index contributed by atoms with van der Waals surface area (Å²) in [5.41, 5.74) is 5.24. The minimum atomic E-state index is -0.0560. The van der Waals surface area contributed by atoms with Crippen LogP contribution in [0.2, 0.25) is 0 Å². The summed E-state index contributed by atoms with van der Waals surface area (Å²) in [5, 5.41) is 10.9. The van der Waals surface area contributed by atoms with Gasteiger partial charge in [-0.1, -0.05) is 30.3 Å². The molecular formula is C20H23N5O. The van der Waals surface area contributed by atoms with Gasteiger partial charge >= 0.3 is 0 Å². The molecule has 0 fully saturated rings. The Labute approximate surface area is 152 Å². The average molecular weight is 349 g/mol. The Morgan fingerprint density at radius 1 is 1.27 bits per heavy atom. The zero-order chi connectivity index (χ0) is 17.9. The van der Waals surface area contributed by atoms with Crippen molar-refractivity contribution < 1.29 is 4.79 Å². The fraction of sp³-hybridized carbons (Fsp3) is 0.300. The standard InChI is InChI=1S/C20H23N5O/c1-24-18-7-9-21-12-16(18)11-19(24)20(26)22-13-17-8-10-25(23-17)14-15-5-3-2-4-6-15/h2-6,8,10-11,21H,7,9,12-14H2,1H3,(H,22,26). The monoisotopic (exact) mass is 349 g/mol. The predicted octanol–water partition coefficient (Wildman–Crippen LogP) is 1.85. The van der Waals surface area contributed by atoms with Crippen LogP contribution in [0.15, 0.2) is 48.7 Å². The van der Waals surface area contributed by atoms with Crippen molar-refractivity contribution in [3.05, 3.63) is 76.9 Å². The zero-order valence-electron chi connectivity index (χ0n) is 14.9. The molecule has 6 heteroatoms. The summed E-state index contributed by atoms with van der Waals surface area (Å²) in [6.07, 6.45) is 2.91. The Kier molecular flexibility index (Phi) is 4.58. The van der Waals surface area contributed by atoms with Gasteiger partial charge in [0.05, 0.1) is 18.8 Å². The van der Waals surface area contributed by atoms with Gasteiger partial charge in [-0.2, -0.15) is 5.10 Å². The number of nitrogens with one attached hydrogen (secondary N) is 2. The molecule has 0 spiro atoms. The molecule has 0 bridgehead atoms. The Morgan fingerprint density at radius 3 is 2.92 bits per heavy atom. The molecular weight excluding hydrogens is 326 g/mol.